The molecule has 5 nitrogen and oxygen atoms in total. The molecule has 0 aliphatic carbocycles. The number of thiazole rings is 1. The summed E-state index contributed by atoms with van der Waals surface area (Å²) in [5.41, 5.74) is 2.67. The minimum atomic E-state index is -0.265. The molecule has 3 rings (SSSR count). The van der Waals surface area contributed by atoms with Crippen LogP contribution in [0.4, 0.5) is 5.69 Å². The van der Waals surface area contributed by atoms with Crippen molar-refractivity contribution in [3.8, 4) is 0 Å². The average molecular weight is 354 g/mol. The minimum Gasteiger partial charge on any atom is -0.324 e. The molecule has 0 fully saturated rings. The molecule has 6 heteroatoms. The number of pyridine rings is 1. The number of aromatic nitrogens is 2. The molecular formula is C19H22N4OS. The fourth-order valence-corrected chi connectivity index (χ4v) is 3.36. The Bertz CT molecular complexity index is 871. The molecule has 1 atom stereocenters. The molecule has 3 aromatic rings. The zero-order valence-corrected chi connectivity index (χ0v) is 15.5. The lowest BCUT2D eigenvalue weighted by Crippen LogP contribution is -2.39. The van der Waals surface area contributed by atoms with E-state index in [1.54, 1.807) is 17.5 Å². The summed E-state index contributed by atoms with van der Waals surface area (Å²) in [5.74, 6) is -0.0372. The first kappa shape index (κ1) is 17.5. The number of benzene rings is 1. The topological polar surface area (TPSA) is 58.1 Å². The van der Waals surface area contributed by atoms with Crippen LogP contribution in [0.3, 0.4) is 0 Å². The van der Waals surface area contributed by atoms with Gasteiger partial charge in [0.15, 0.2) is 0 Å². The van der Waals surface area contributed by atoms with E-state index in [9.17, 15) is 4.79 Å². The molecular weight excluding hydrogens is 332 g/mol. The minimum absolute atomic E-state index is 0.0372. The largest absolute Gasteiger partial charge is 0.324 e. The summed E-state index contributed by atoms with van der Waals surface area (Å²) in [4.78, 5) is 23.6. The van der Waals surface area contributed by atoms with Crippen molar-refractivity contribution in [3.05, 3.63) is 52.6 Å². The van der Waals surface area contributed by atoms with Crippen LogP contribution in [0.5, 0.6) is 0 Å². The Hall–Kier alpha value is -2.31. The first-order valence-corrected chi connectivity index (χ1v) is 9.24. The number of hydrogen-bond acceptors (Lipinski definition) is 5. The lowest BCUT2D eigenvalue weighted by atomic mass is 10.1. The Morgan fingerprint density at radius 2 is 2.16 bits per heavy atom. The number of amides is 1. The van der Waals surface area contributed by atoms with Crippen molar-refractivity contribution >= 4 is 33.8 Å². The van der Waals surface area contributed by atoms with Crippen LogP contribution < -0.4 is 5.32 Å². The Morgan fingerprint density at radius 3 is 2.92 bits per heavy atom. The van der Waals surface area contributed by atoms with Gasteiger partial charge in [-0.2, -0.15) is 0 Å². The third kappa shape index (κ3) is 4.03. The van der Waals surface area contributed by atoms with Gasteiger partial charge in [0.05, 0.1) is 27.9 Å². The van der Waals surface area contributed by atoms with Crippen LogP contribution in [0.1, 0.15) is 24.5 Å². The number of likely N-dealkylation sites (N-methyl/N-ethyl adjacent to an activating group) is 1. The predicted octanol–water partition coefficient (Wildman–Crippen LogP) is 3.71. The van der Waals surface area contributed by atoms with Crippen molar-refractivity contribution in [2.75, 3.05) is 12.4 Å². The molecule has 2 heterocycles. The SMILES string of the molecule is CCc1nc(CN(C)C(C)C(=O)Nc2cccc3ncccc23)cs1. The van der Waals surface area contributed by atoms with Crippen LogP contribution in [-0.4, -0.2) is 33.9 Å². The van der Waals surface area contributed by atoms with Gasteiger partial charge in [-0.25, -0.2) is 4.98 Å². The lowest BCUT2D eigenvalue weighted by molar-refractivity contribution is -0.120. The van der Waals surface area contributed by atoms with Crippen LogP contribution in [0.25, 0.3) is 10.9 Å². The molecule has 1 aromatic carbocycles. The summed E-state index contributed by atoms with van der Waals surface area (Å²) in [7, 11) is 1.94. The summed E-state index contributed by atoms with van der Waals surface area (Å²) in [5, 5.41) is 7.17. The number of anilines is 1. The van der Waals surface area contributed by atoms with Crippen LogP contribution in [-0.2, 0) is 17.8 Å². The second kappa shape index (κ2) is 7.72. The zero-order valence-electron chi connectivity index (χ0n) is 14.7. The molecule has 0 bridgehead atoms. The van der Waals surface area contributed by atoms with Crippen LogP contribution >= 0.6 is 11.3 Å². The van der Waals surface area contributed by atoms with Crippen molar-refractivity contribution in [3.63, 3.8) is 0 Å². The van der Waals surface area contributed by atoms with E-state index >= 15 is 0 Å². The average Bonchev–Trinajstić information content (AvgIpc) is 3.09. The van der Waals surface area contributed by atoms with E-state index < -0.39 is 0 Å². The maximum absolute atomic E-state index is 12.7. The van der Waals surface area contributed by atoms with Gasteiger partial charge in [0, 0.05) is 23.5 Å². The van der Waals surface area contributed by atoms with E-state index in [0.29, 0.717) is 6.54 Å². The van der Waals surface area contributed by atoms with Gasteiger partial charge in [0.25, 0.3) is 0 Å². The van der Waals surface area contributed by atoms with Crippen LogP contribution in [0.2, 0.25) is 0 Å². The molecule has 0 spiro atoms. The fourth-order valence-electron chi connectivity index (χ4n) is 2.63. The molecule has 2 aromatic heterocycles. The maximum Gasteiger partial charge on any atom is 0.241 e. The Morgan fingerprint density at radius 1 is 1.32 bits per heavy atom. The molecule has 0 aliphatic rings. The van der Waals surface area contributed by atoms with Gasteiger partial charge in [0.1, 0.15) is 0 Å². The van der Waals surface area contributed by atoms with Crippen molar-refractivity contribution in [1.29, 1.82) is 0 Å². The van der Waals surface area contributed by atoms with Gasteiger partial charge in [-0.3, -0.25) is 14.7 Å². The monoisotopic (exact) mass is 354 g/mol. The Kier molecular flexibility index (Phi) is 5.40. The predicted molar refractivity (Wildman–Crippen MR) is 103 cm³/mol. The third-order valence-electron chi connectivity index (χ3n) is 4.26. The summed E-state index contributed by atoms with van der Waals surface area (Å²) < 4.78 is 0. The second-order valence-corrected chi connectivity index (χ2v) is 6.98. The van der Waals surface area contributed by atoms with Crippen molar-refractivity contribution in [2.24, 2.45) is 0 Å². The summed E-state index contributed by atoms with van der Waals surface area (Å²) in [6.45, 7) is 4.66. The highest BCUT2D eigenvalue weighted by Gasteiger charge is 2.19. The number of aryl methyl sites for hydroxylation is 1. The summed E-state index contributed by atoms with van der Waals surface area (Å²) in [6.07, 6.45) is 2.70. The van der Waals surface area contributed by atoms with Gasteiger partial charge in [-0.05, 0) is 44.7 Å². The van der Waals surface area contributed by atoms with E-state index in [4.69, 9.17) is 0 Å². The molecule has 1 N–H and O–H groups in total. The summed E-state index contributed by atoms with van der Waals surface area (Å²) >= 11 is 1.67. The number of nitrogens with zero attached hydrogens (tertiary/aromatic N) is 3. The van der Waals surface area contributed by atoms with Crippen molar-refractivity contribution in [2.45, 2.75) is 32.9 Å². The Balaban J connectivity index is 1.69. The van der Waals surface area contributed by atoms with Crippen LogP contribution in [0, 0.1) is 0 Å². The first-order valence-electron chi connectivity index (χ1n) is 8.36. The molecule has 25 heavy (non-hydrogen) atoms. The van der Waals surface area contributed by atoms with Gasteiger partial charge >= 0.3 is 0 Å². The van der Waals surface area contributed by atoms with E-state index in [1.165, 1.54) is 0 Å². The first-order chi connectivity index (χ1) is 12.1. The summed E-state index contributed by atoms with van der Waals surface area (Å²) in [6, 6.07) is 9.32. The standard InChI is InChI=1S/C19H22N4OS/c1-4-18-21-14(12-25-18)11-23(3)13(2)19(24)22-17-9-5-8-16-15(17)7-6-10-20-16/h5-10,12-13H,4,11H2,1-3H3,(H,22,24). The fraction of sp³-hybridized carbons (Fsp3) is 0.316. The van der Waals surface area contributed by atoms with E-state index in [1.807, 2.05) is 49.2 Å². The molecule has 0 aliphatic heterocycles. The number of hydrogen-bond donors (Lipinski definition) is 1. The normalized spacial score (nSPS) is 12.5. The lowest BCUT2D eigenvalue weighted by Gasteiger charge is -2.23. The highest BCUT2D eigenvalue weighted by molar-refractivity contribution is 7.09. The molecule has 0 saturated heterocycles. The van der Waals surface area contributed by atoms with Crippen molar-refractivity contribution < 1.29 is 4.79 Å². The molecule has 0 radical (unpaired) electrons. The molecule has 0 saturated carbocycles. The number of carbonyl (C=O) groups excluding carboxylic acids is 1. The number of rotatable bonds is 6. The van der Waals surface area contributed by atoms with Gasteiger partial charge < -0.3 is 5.32 Å². The van der Waals surface area contributed by atoms with Gasteiger partial charge in [0.2, 0.25) is 5.91 Å². The van der Waals surface area contributed by atoms with E-state index in [2.05, 4.69) is 27.6 Å². The Labute approximate surface area is 151 Å². The highest BCUT2D eigenvalue weighted by Crippen LogP contribution is 2.22. The quantitative estimate of drug-likeness (QED) is 0.733. The molecule has 130 valence electrons. The number of carbonyl (C=O) groups is 1. The molecule has 1 amide bonds. The maximum atomic E-state index is 12.7. The van der Waals surface area contributed by atoms with Gasteiger partial charge in [-0.1, -0.05) is 13.0 Å². The van der Waals surface area contributed by atoms with E-state index in [-0.39, 0.29) is 11.9 Å². The van der Waals surface area contributed by atoms with Crippen molar-refractivity contribution in [1.82, 2.24) is 14.9 Å². The van der Waals surface area contributed by atoms with Crippen LogP contribution in [0.15, 0.2) is 41.9 Å². The molecule has 1 unspecified atom stereocenters. The zero-order chi connectivity index (χ0) is 17.8. The number of nitrogens with one attached hydrogen (secondary N) is 1. The third-order valence-corrected chi connectivity index (χ3v) is 5.30. The van der Waals surface area contributed by atoms with E-state index in [0.717, 1.165) is 33.7 Å². The second-order valence-electron chi connectivity index (χ2n) is 6.04. The number of fused-ring (bicyclic) bond motifs is 1. The van der Waals surface area contributed by atoms with Gasteiger partial charge in [-0.15, -0.1) is 11.3 Å². The highest BCUT2D eigenvalue weighted by atomic mass is 32.1. The smallest absolute Gasteiger partial charge is 0.241 e.